The molecule has 116 valence electrons. The Bertz CT molecular complexity index is 853. The SMILES string of the molecule is O=C(NCCn1cnnc1C1CC1)c1ccc2ccccc2n1. The van der Waals surface area contributed by atoms with E-state index in [9.17, 15) is 4.79 Å². The molecule has 1 aliphatic carbocycles. The van der Waals surface area contributed by atoms with Crippen LogP contribution in [0.3, 0.4) is 0 Å². The third-order valence-corrected chi connectivity index (χ3v) is 4.06. The number of carbonyl (C=O) groups is 1. The minimum atomic E-state index is -0.156. The number of nitrogens with one attached hydrogen (secondary N) is 1. The summed E-state index contributed by atoms with van der Waals surface area (Å²) in [7, 11) is 0. The highest BCUT2D eigenvalue weighted by Crippen LogP contribution is 2.38. The topological polar surface area (TPSA) is 72.7 Å². The number of hydrogen-bond acceptors (Lipinski definition) is 4. The van der Waals surface area contributed by atoms with E-state index >= 15 is 0 Å². The third-order valence-electron chi connectivity index (χ3n) is 4.06. The smallest absolute Gasteiger partial charge is 0.269 e. The van der Waals surface area contributed by atoms with E-state index in [4.69, 9.17) is 0 Å². The van der Waals surface area contributed by atoms with Crippen molar-refractivity contribution in [3.05, 3.63) is 54.2 Å². The maximum atomic E-state index is 12.2. The van der Waals surface area contributed by atoms with E-state index < -0.39 is 0 Å². The quantitative estimate of drug-likeness (QED) is 0.784. The predicted molar refractivity (Wildman–Crippen MR) is 86.1 cm³/mol. The molecule has 0 aliphatic heterocycles. The summed E-state index contributed by atoms with van der Waals surface area (Å²) in [5, 5.41) is 12.1. The molecule has 1 saturated carbocycles. The first-order chi connectivity index (χ1) is 11.3. The molecule has 3 aromatic rings. The fourth-order valence-electron chi connectivity index (χ4n) is 2.67. The number of para-hydroxylation sites is 1. The van der Waals surface area contributed by atoms with E-state index in [0.29, 0.717) is 24.7 Å². The number of fused-ring (bicyclic) bond motifs is 1. The van der Waals surface area contributed by atoms with Crippen molar-refractivity contribution in [1.29, 1.82) is 0 Å². The van der Waals surface area contributed by atoms with Gasteiger partial charge in [-0.05, 0) is 25.0 Å². The number of nitrogens with zero attached hydrogens (tertiary/aromatic N) is 4. The maximum absolute atomic E-state index is 12.2. The molecule has 0 radical (unpaired) electrons. The molecular formula is C17H17N5O. The largest absolute Gasteiger partial charge is 0.349 e. The Morgan fingerprint density at radius 1 is 1.22 bits per heavy atom. The minimum absolute atomic E-state index is 0.156. The first-order valence-corrected chi connectivity index (χ1v) is 7.83. The molecule has 1 amide bonds. The van der Waals surface area contributed by atoms with Gasteiger partial charge in [0.05, 0.1) is 5.52 Å². The van der Waals surface area contributed by atoms with Gasteiger partial charge in [-0.1, -0.05) is 24.3 Å². The Morgan fingerprint density at radius 2 is 2.09 bits per heavy atom. The molecule has 2 heterocycles. The van der Waals surface area contributed by atoms with Gasteiger partial charge < -0.3 is 9.88 Å². The molecule has 2 aromatic heterocycles. The van der Waals surface area contributed by atoms with Crippen LogP contribution in [-0.2, 0) is 6.54 Å². The van der Waals surface area contributed by atoms with Crippen molar-refractivity contribution in [2.24, 2.45) is 0 Å². The summed E-state index contributed by atoms with van der Waals surface area (Å²) >= 11 is 0. The van der Waals surface area contributed by atoms with Crippen molar-refractivity contribution in [1.82, 2.24) is 25.1 Å². The molecule has 0 bridgehead atoms. The summed E-state index contributed by atoms with van der Waals surface area (Å²) in [6.45, 7) is 1.21. The molecule has 23 heavy (non-hydrogen) atoms. The Morgan fingerprint density at radius 3 is 2.96 bits per heavy atom. The van der Waals surface area contributed by atoms with Crippen LogP contribution >= 0.6 is 0 Å². The van der Waals surface area contributed by atoms with Gasteiger partial charge in [0.1, 0.15) is 17.8 Å². The third kappa shape index (κ3) is 2.92. The van der Waals surface area contributed by atoms with Gasteiger partial charge in [-0.15, -0.1) is 10.2 Å². The Hall–Kier alpha value is -2.76. The highest BCUT2D eigenvalue weighted by atomic mass is 16.1. The summed E-state index contributed by atoms with van der Waals surface area (Å²) < 4.78 is 2.02. The van der Waals surface area contributed by atoms with Crippen LogP contribution in [0, 0.1) is 0 Å². The second kappa shape index (κ2) is 5.79. The minimum Gasteiger partial charge on any atom is -0.349 e. The average molecular weight is 307 g/mol. The predicted octanol–water partition coefficient (Wildman–Crippen LogP) is 2.13. The molecule has 1 N–H and O–H groups in total. The van der Waals surface area contributed by atoms with Crippen LogP contribution in [0.15, 0.2) is 42.7 Å². The number of pyridine rings is 1. The molecule has 4 rings (SSSR count). The summed E-state index contributed by atoms with van der Waals surface area (Å²) in [6, 6.07) is 11.4. The first-order valence-electron chi connectivity index (χ1n) is 7.83. The van der Waals surface area contributed by atoms with Crippen LogP contribution in [0.5, 0.6) is 0 Å². The van der Waals surface area contributed by atoms with Crippen molar-refractivity contribution in [2.45, 2.75) is 25.3 Å². The van der Waals surface area contributed by atoms with Crippen molar-refractivity contribution in [3.63, 3.8) is 0 Å². The van der Waals surface area contributed by atoms with Crippen molar-refractivity contribution >= 4 is 16.8 Å². The fraction of sp³-hybridized carbons (Fsp3) is 0.294. The highest BCUT2D eigenvalue weighted by Gasteiger charge is 2.28. The van der Waals surface area contributed by atoms with Crippen molar-refractivity contribution in [2.75, 3.05) is 6.54 Å². The summed E-state index contributed by atoms with van der Waals surface area (Å²) in [5.41, 5.74) is 1.27. The Labute approximate surface area is 133 Å². The van der Waals surface area contributed by atoms with Crippen LogP contribution < -0.4 is 5.32 Å². The summed E-state index contributed by atoms with van der Waals surface area (Å²) in [5.74, 6) is 1.43. The molecule has 1 aromatic carbocycles. The summed E-state index contributed by atoms with van der Waals surface area (Å²) in [6.07, 6.45) is 4.10. The molecule has 0 spiro atoms. The second-order valence-electron chi connectivity index (χ2n) is 5.80. The van der Waals surface area contributed by atoms with Crippen LogP contribution in [0.1, 0.15) is 35.1 Å². The molecule has 6 heteroatoms. The lowest BCUT2D eigenvalue weighted by Gasteiger charge is -2.08. The molecular weight excluding hydrogens is 290 g/mol. The van der Waals surface area contributed by atoms with E-state index in [1.165, 1.54) is 12.8 Å². The standard InChI is InChI=1S/C17H17N5O/c23-17(15-8-7-12-3-1-2-4-14(12)20-15)18-9-10-22-11-19-21-16(22)13-5-6-13/h1-4,7-8,11,13H,5-6,9-10H2,(H,18,23). The summed E-state index contributed by atoms with van der Waals surface area (Å²) in [4.78, 5) is 16.6. The fourth-order valence-corrected chi connectivity index (χ4v) is 2.67. The molecule has 0 atom stereocenters. The second-order valence-corrected chi connectivity index (χ2v) is 5.80. The number of benzene rings is 1. The highest BCUT2D eigenvalue weighted by molar-refractivity contribution is 5.94. The first kappa shape index (κ1) is 13.9. The van der Waals surface area contributed by atoms with E-state index in [0.717, 1.165) is 16.7 Å². The Kier molecular flexibility index (Phi) is 3.49. The lowest BCUT2D eigenvalue weighted by atomic mass is 10.2. The number of amides is 1. The van der Waals surface area contributed by atoms with Gasteiger partial charge in [0.25, 0.3) is 5.91 Å². The normalized spacial score (nSPS) is 14.1. The van der Waals surface area contributed by atoms with Gasteiger partial charge in [-0.2, -0.15) is 0 Å². The Balaban J connectivity index is 1.39. The molecule has 1 fully saturated rings. The molecule has 0 unspecified atom stereocenters. The number of aromatic nitrogens is 4. The van der Waals surface area contributed by atoms with E-state index in [2.05, 4.69) is 20.5 Å². The molecule has 1 aliphatic rings. The zero-order chi connectivity index (χ0) is 15.6. The van der Waals surface area contributed by atoms with Gasteiger partial charge in [0, 0.05) is 24.4 Å². The van der Waals surface area contributed by atoms with Gasteiger partial charge in [-0.3, -0.25) is 4.79 Å². The van der Waals surface area contributed by atoms with Crippen molar-refractivity contribution in [3.8, 4) is 0 Å². The van der Waals surface area contributed by atoms with Crippen LogP contribution in [0.2, 0.25) is 0 Å². The van der Waals surface area contributed by atoms with Crippen LogP contribution in [0.4, 0.5) is 0 Å². The van der Waals surface area contributed by atoms with E-state index in [1.54, 1.807) is 12.4 Å². The van der Waals surface area contributed by atoms with Gasteiger partial charge in [0.15, 0.2) is 0 Å². The van der Waals surface area contributed by atoms with Gasteiger partial charge in [-0.25, -0.2) is 4.98 Å². The van der Waals surface area contributed by atoms with Gasteiger partial charge in [0.2, 0.25) is 0 Å². The number of hydrogen-bond donors (Lipinski definition) is 1. The lowest BCUT2D eigenvalue weighted by Crippen LogP contribution is -2.28. The van der Waals surface area contributed by atoms with E-state index in [-0.39, 0.29) is 5.91 Å². The maximum Gasteiger partial charge on any atom is 0.269 e. The zero-order valence-corrected chi connectivity index (χ0v) is 12.6. The monoisotopic (exact) mass is 307 g/mol. The molecule has 6 nitrogen and oxygen atoms in total. The zero-order valence-electron chi connectivity index (χ0n) is 12.6. The number of carbonyl (C=O) groups excluding carboxylic acids is 1. The molecule has 0 saturated heterocycles. The van der Waals surface area contributed by atoms with Crippen LogP contribution in [-0.4, -0.2) is 32.2 Å². The lowest BCUT2D eigenvalue weighted by molar-refractivity contribution is 0.0947. The van der Waals surface area contributed by atoms with Crippen molar-refractivity contribution < 1.29 is 4.79 Å². The number of rotatable bonds is 5. The van der Waals surface area contributed by atoms with Gasteiger partial charge >= 0.3 is 0 Å². The average Bonchev–Trinajstić information content (AvgIpc) is 3.33. The van der Waals surface area contributed by atoms with E-state index in [1.807, 2.05) is 34.9 Å². The van der Waals surface area contributed by atoms with Crippen LogP contribution in [0.25, 0.3) is 10.9 Å².